The molecular formula is C21H27F2N. The highest BCUT2D eigenvalue weighted by Gasteiger charge is 2.49. The highest BCUT2D eigenvalue weighted by molar-refractivity contribution is 5.39. The van der Waals surface area contributed by atoms with E-state index in [1.807, 2.05) is 0 Å². The summed E-state index contributed by atoms with van der Waals surface area (Å²) in [5, 5.41) is 8.85. The van der Waals surface area contributed by atoms with Gasteiger partial charge in [0.2, 0.25) is 0 Å². The van der Waals surface area contributed by atoms with Crippen LogP contribution in [-0.2, 0) is 5.41 Å². The predicted octanol–water partition coefficient (Wildman–Crippen LogP) is 6.40. The van der Waals surface area contributed by atoms with Crippen LogP contribution in [0.3, 0.4) is 0 Å². The third kappa shape index (κ3) is 3.08. The molecular weight excluding hydrogens is 304 g/mol. The predicted molar refractivity (Wildman–Crippen MR) is 91.6 cm³/mol. The highest BCUT2D eigenvalue weighted by atomic mass is 19.1. The number of benzene rings is 1. The minimum Gasteiger partial charge on any atom is -0.205 e. The zero-order valence-electron chi connectivity index (χ0n) is 14.6. The molecule has 2 bridgehead atoms. The normalized spacial score (nSPS) is 28.8. The number of unbranched alkanes of at least 4 members (excludes halogenated alkanes) is 3. The molecule has 0 saturated heterocycles. The molecule has 3 heteroatoms. The molecule has 3 fully saturated rings. The van der Waals surface area contributed by atoms with Gasteiger partial charge in [-0.05, 0) is 73.5 Å². The summed E-state index contributed by atoms with van der Waals surface area (Å²) in [4.78, 5) is 0. The van der Waals surface area contributed by atoms with E-state index in [1.165, 1.54) is 63.5 Å². The summed E-state index contributed by atoms with van der Waals surface area (Å²) in [7, 11) is 0. The quantitative estimate of drug-likeness (QED) is 0.553. The lowest BCUT2D eigenvalue weighted by atomic mass is 9.51. The molecule has 0 unspecified atom stereocenters. The number of fused-ring (bicyclic) bond motifs is 3. The van der Waals surface area contributed by atoms with Crippen molar-refractivity contribution < 1.29 is 8.78 Å². The average Bonchev–Trinajstić information content (AvgIpc) is 2.60. The zero-order valence-corrected chi connectivity index (χ0v) is 14.6. The molecule has 3 aliphatic carbocycles. The molecule has 3 saturated carbocycles. The second-order valence-corrected chi connectivity index (χ2v) is 8.02. The Morgan fingerprint density at radius 1 is 0.958 bits per heavy atom. The van der Waals surface area contributed by atoms with Gasteiger partial charge in [-0.15, -0.1) is 0 Å². The number of hydrogen-bond donors (Lipinski definition) is 0. The van der Waals surface area contributed by atoms with Gasteiger partial charge in [-0.3, -0.25) is 0 Å². The molecule has 3 aliphatic rings. The van der Waals surface area contributed by atoms with Gasteiger partial charge in [0.1, 0.15) is 23.3 Å². The van der Waals surface area contributed by atoms with E-state index in [0.29, 0.717) is 5.41 Å². The van der Waals surface area contributed by atoms with Crippen molar-refractivity contribution in [1.82, 2.24) is 0 Å². The van der Waals surface area contributed by atoms with E-state index in [4.69, 9.17) is 5.26 Å². The molecule has 1 aromatic rings. The van der Waals surface area contributed by atoms with Gasteiger partial charge in [-0.25, -0.2) is 8.78 Å². The Balaban J connectivity index is 1.72. The Hall–Kier alpha value is -1.43. The van der Waals surface area contributed by atoms with Crippen LogP contribution in [0.1, 0.15) is 88.7 Å². The lowest BCUT2D eigenvalue weighted by molar-refractivity contribution is 0.0302. The van der Waals surface area contributed by atoms with Crippen molar-refractivity contribution >= 4 is 0 Å². The van der Waals surface area contributed by atoms with Crippen molar-refractivity contribution in [1.29, 1.82) is 5.26 Å². The molecule has 0 radical (unpaired) electrons. The van der Waals surface area contributed by atoms with E-state index in [0.717, 1.165) is 24.8 Å². The van der Waals surface area contributed by atoms with Gasteiger partial charge < -0.3 is 0 Å². The summed E-state index contributed by atoms with van der Waals surface area (Å²) in [6, 6.07) is 4.46. The molecule has 0 aliphatic heterocycles. The fraction of sp³-hybridized carbons (Fsp3) is 0.667. The fourth-order valence-electron chi connectivity index (χ4n) is 4.98. The van der Waals surface area contributed by atoms with Gasteiger partial charge in [-0.1, -0.05) is 32.6 Å². The second-order valence-electron chi connectivity index (χ2n) is 8.02. The van der Waals surface area contributed by atoms with E-state index in [9.17, 15) is 8.78 Å². The molecule has 130 valence electrons. The standard InChI is InChI=1S/C21H27F2N/c1-2-3-4-5-6-20-7-10-21(11-8-20,12-9-20)16-13-18(22)17(15-24)19(23)14-16/h13-14H,2-12H2,1H3. The third-order valence-corrected chi connectivity index (χ3v) is 6.73. The molecule has 0 N–H and O–H groups in total. The molecule has 0 aromatic heterocycles. The maximum absolute atomic E-state index is 14.0. The lowest BCUT2D eigenvalue weighted by Gasteiger charge is -2.54. The van der Waals surface area contributed by atoms with Crippen molar-refractivity contribution in [3.63, 3.8) is 0 Å². The van der Waals surface area contributed by atoms with Crippen LogP contribution in [0.15, 0.2) is 12.1 Å². The molecule has 0 amide bonds. The summed E-state index contributed by atoms with van der Waals surface area (Å²) in [6.45, 7) is 2.24. The van der Waals surface area contributed by atoms with Crippen LogP contribution in [0.25, 0.3) is 0 Å². The molecule has 0 heterocycles. The SMILES string of the molecule is CCCCCCC12CCC(c3cc(F)c(C#N)c(F)c3)(CC1)CC2. The maximum Gasteiger partial charge on any atom is 0.144 e. The van der Waals surface area contributed by atoms with Crippen LogP contribution in [0.4, 0.5) is 8.78 Å². The molecule has 0 atom stereocenters. The topological polar surface area (TPSA) is 23.8 Å². The van der Waals surface area contributed by atoms with Crippen LogP contribution < -0.4 is 0 Å². The van der Waals surface area contributed by atoms with Crippen LogP contribution >= 0.6 is 0 Å². The van der Waals surface area contributed by atoms with Crippen molar-refractivity contribution in [2.45, 2.75) is 83.0 Å². The molecule has 24 heavy (non-hydrogen) atoms. The minimum absolute atomic E-state index is 0.0686. The number of rotatable bonds is 6. The summed E-state index contributed by atoms with van der Waals surface area (Å²) >= 11 is 0. The first-order valence-corrected chi connectivity index (χ1v) is 9.44. The number of halogens is 2. The smallest absolute Gasteiger partial charge is 0.144 e. The van der Waals surface area contributed by atoms with Gasteiger partial charge in [0.15, 0.2) is 0 Å². The first-order valence-electron chi connectivity index (χ1n) is 9.44. The number of nitriles is 1. The molecule has 1 nitrogen and oxygen atoms in total. The first kappa shape index (κ1) is 17.4. The van der Waals surface area contributed by atoms with E-state index in [2.05, 4.69) is 6.92 Å². The second kappa shape index (κ2) is 6.82. The van der Waals surface area contributed by atoms with E-state index in [1.54, 1.807) is 6.07 Å². The van der Waals surface area contributed by atoms with Crippen molar-refractivity contribution in [3.8, 4) is 6.07 Å². The van der Waals surface area contributed by atoms with E-state index < -0.39 is 17.2 Å². The summed E-state index contributed by atoms with van der Waals surface area (Å²) < 4.78 is 28.1. The van der Waals surface area contributed by atoms with Gasteiger partial charge in [0, 0.05) is 0 Å². The van der Waals surface area contributed by atoms with Crippen LogP contribution in [0, 0.1) is 28.4 Å². The molecule has 4 rings (SSSR count). The lowest BCUT2D eigenvalue weighted by Crippen LogP contribution is -2.44. The Morgan fingerprint density at radius 3 is 2.04 bits per heavy atom. The average molecular weight is 331 g/mol. The Morgan fingerprint density at radius 2 is 1.54 bits per heavy atom. The summed E-state index contributed by atoms with van der Waals surface area (Å²) in [6.07, 6.45) is 13.2. The largest absolute Gasteiger partial charge is 0.205 e. The zero-order chi connectivity index (χ0) is 17.2. The summed E-state index contributed by atoms with van der Waals surface area (Å²) in [5.74, 6) is -1.41. The Labute approximate surface area is 144 Å². The van der Waals surface area contributed by atoms with Gasteiger partial charge >= 0.3 is 0 Å². The Bertz CT molecular complexity index is 596. The van der Waals surface area contributed by atoms with Gasteiger partial charge in [0.05, 0.1) is 0 Å². The maximum atomic E-state index is 14.0. The van der Waals surface area contributed by atoms with Crippen molar-refractivity contribution in [3.05, 3.63) is 34.9 Å². The van der Waals surface area contributed by atoms with Gasteiger partial charge in [-0.2, -0.15) is 5.26 Å². The van der Waals surface area contributed by atoms with Crippen LogP contribution in [0.5, 0.6) is 0 Å². The summed E-state index contributed by atoms with van der Waals surface area (Å²) in [5.41, 5.74) is 0.739. The number of nitrogens with zero attached hydrogens (tertiary/aromatic N) is 1. The number of hydrogen-bond acceptors (Lipinski definition) is 1. The fourth-order valence-corrected chi connectivity index (χ4v) is 4.98. The monoisotopic (exact) mass is 331 g/mol. The van der Waals surface area contributed by atoms with E-state index in [-0.39, 0.29) is 5.41 Å². The molecule has 0 spiro atoms. The highest BCUT2D eigenvalue weighted by Crippen LogP contribution is 2.59. The Kier molecular flexibility index (Phi) is 4.95. The van der Waals surface area contributed by atoms with Crippen molar-refractivity contribution in [2.75, 3.05) is 0 Å². The first-order chi connectivity index (χ1) is 11.5. The van der Waals surface area contributed by atoms with Gasteiger partial charge in [0.25, 0.3) is 0 Å². The van der Waals surface area contributed by atoms with E-state index >= 15 is 0 Å². The minimum atomic E-state index is -0.705. The third-order valence-electron chi connectivity index (χ3n) is 6.73. The van der Waals surface area contributed by atoms with Crippen LogP contribution in [-0.4, -0.2) is 0 Å². The molecule has 1 aromatic carbocycles. The van der Waals surface area contributed by atoms with Crippen LogP contribution in [0.2, 0.25) is 0 Å². The van der Waals surface area contributed by atoms with Crippen molar-refractivity contribution in [2.24, 2.45) is 5.41 Å².